The molecule has 0 saturated carbocycles. The molecule has 8 nitrogen and oxygen atoms in total. The van der Waals surface area contributed by atoms with E-state index in [0.29, 0.717) is 24.3 Å². The Morgan fingerprint density at radius 1 is 0.657 bits per heavy atom. The largest absolute Gasteiger partial charge is 0.494 e. The molecule has 0 atom stereocenters. The third kappa shape index (κ3) is 7.45. The third-order valence-electron chi connectivity index (χ3n) is 6.26. The van der Waals surface area contributed by atoms with Crippen molar-refractivity contribution in [1.82, 2.24) is 9.80 Å². The molecule has 2 aromatic rings. The van der Waals surface area contributed by atoms with Gasteiger partial charge in [-0.05, 0) is 72.5 Å². The number of nitrogen functional groups attached to an aromatic ring is 2. The first-order chi connectivity index (χ1) is 16.5. The van der Waals surface area contributed by atoms with E-state index < -0.39 is 0 Å². The predicted octanol–water partition coefficient (Wildman–Crippen LogP) is 2.84. The smallest absolute Gasteiger partial charge is 0.122 e. The van der Waals surface area contributed by atoms with Crippen LogP contribution in [-0.4, -0.2) is 74.0 Å². The van der Waals surface area contributed by atoms with Gasteiger partial charge in [-0.3, -0.25) is 20.6 Å². The van der Waals surface area contributed by atoms with Gasteiger partial charge in [0.15, 0.2) is 0 Å². The van der Waals surface area contributed by atoms with Crippen LogP contribution in [0.15, 0.2) is 59.7 Å². The average molecular weight is 499 g/mol. The van der Waals surface area contributed by atoms with Gasteiger partial charge >= 0.3 is 0 Å². The highest BCUT2D eigenvalue weighted by Gasteiger charge is 2.29. The maximum atomic E-state index is 7.44. The molecule has 0 radical (unpaired) electrons. The lowest BCUT2D eigenvalue weighted by Gasteiger charge is -2.22. The molecule has 0 spiro atoms. The van der Waals surface area contributed by atoms with Gasteiger partial charge in [0.2, 0.25) is 0 Å². The molecule has 0 amide bonds. The molecule has 0 unspecified atom stereocenters. The number of nitrogens with two attached hydrogens (primary N) is 2. The van der Waals surface area contributed by atoms with Crippen molar-refractivity contribution in [1.29, 1.82) is 10.8 Å². The summed E-state index contributed by atoms with van der Waals surface area (Å²) in [6.07, 6.45) is 1.98. The monoisotopic (exact) mass is 498 g/mol. The second kappa shape index (κ2) is 12.6. The average Bonchev–Trinajstić information content (AvgIpc) is 3.38. The van der Waals surface area contributed by atoms with E-state index in [2.05, 4.69) is 9.80 Å². The van der Waals surface area contributed by atoms with Crippen LogP contribution in [0.25, 0.3) is 0 Å². The van der Waals surface area contributed by atoms with Gasteiger partial charge in [-0.2, -0.15) is 0 Å². The Kier molecular flexibility index (Phi) is 9.54. The number of rotatable bonds is 12. The zero-order valence-electron chi connectivity index (χ0n) is 20.0. The molecule has 188 valence electrons. The SMILES string of the molecule is Cl.N=C(N)c1ccc(OCCCN2CC3=C(C2)CN(CCCOc2ccc(C(=N)N)cc2)C3)cc1. The summed E-state index contributed by atoms with van der Waals surface area (Å²) in [6.45, 7) is 7.71. The minimum atomic E-state index is 0. The summed E-state index contributed by atoms with van der Waals surface area (Å²) in [7, 11) is 0. The van der Waals surface area contributed by atoms with Crippen LogP contribution in [0.2, 0.25) is 0 Å². The molecule has 9 heteroatoms. The van der Waals surface area contributed by atoms with Gasteiger partial charge < -0.3 is 20.9 Å². The number of nitrogens with one attached hydrogen (secondary N) is 2. The van der Waals surface area contributed by atoms with Crippen LogP contribution < -0.4 is 20.9 Å². The Morgan fingerprint density at radius 3 is 1.31 bits per heavy atom. The lowest BCUT2D eigenvalue weighted by molar-refractivity contribution is 0.241. The highest BCUT2D eigenvalue weighted by atomic mass is 35.5. The number of benzene rings is 2. The first kappa shape index (κ1) is 26.5. The van der Waals surface area contributed by atoms with E-state index in [1.165, 1.54) is 0 Å². The molecular formula is C26H35ClN6O2. The second-order valence-corrected chi connectivity index (χ2v) is 8.91. The molecule has 2 aliphatic rings. The molecule has 2 heterocycles. The second-order valence-electron chi connectivity index (χ2n) is 8.91. The summed E-state index contributed by atoms with van der Waals surface area (Å²) < 4.78 is 11.7. The van der Waals surface area contributed by atoms with Gasteiger partial charge in [0, 0.05) is 50.4 Å². The lowest BCUT2D eigenvalue weighted by Crippen LogP contribution is -2.31. The van der Waals surface area contributed by atoms with Crippen molar-refractivity contribution in [3.63, 3.8) is 0 Å². The number of halogens is 1. The number of hydrogen-bond donors (Lipinski definition) is 4. The molecule has 6 N–H and O–H groups in total. The van der Waals surface area contributed by atoms with E-state index in [-0.39, 0.29) is 24.1 Å². The van der Waals surface area contributed by atoms with Gasteiger partial charge in [0.05, 0.1) is 13.2 Å². The quantitative estimate of drug-likeness (QED) is 0.154. The van der Waals surface area contributed by atoms with Crippen molar-refractivity contribution in [2.24, 2.45) is 11.5 Å². The van der Waals surface area contributed by atoms with Crippen molar-refractivity contribution < 1.29 is 9.47 Å². The Balaban J connectivity index is 0.00000342. The van der Waals surface area contributed by atoms with Crippen LogP contribution in [0.3, 0.4) is 0 Å². The molecular weight excluding hydrogens is 464 g/mol. The van der Waals surface area contributed by atoms with Crippen molar-refractivity contribution in [3.05, 3.63) is 70.8 Å². The Morgan fingerprint density at radius 2 is 1.00 bits per heavy atom. The van der Waals surface area contributed by atoms with Crippen molar-refractivity contribution in [2.75, 3.05) is 52.5 Å². The number of ether oxygens (including phenoxy) is 2. The number of hydrogen-bond acceptors (Lipinski definition) is 6. The summed E-state index contributed by atoms with van der Waals surface area (Å²) in [5.74, 6) is 1.79. The van der Waals surface area contributed by atoms with E-state index in [4.69, 9.17) is 31.8 Å². The predicted molar refractivity (Wildman–Crippen MR) is 142 cm³/mol. The summed E-state index contributed by atoms with van der Waals surface area (Å²) in [5, 5.41) is 14.9. The van der Waals surface area contributed by atoms with Crippen LogP contribution in [0.1, 0.15) is 24.0 Å². The number of amidine groups is 2. The Labute approximate surface area is 213 Å². The van der Waals surface area contributed by atoms with Gasteiger partial charge in [-0.1, -0.05) is 0 Å². The van der Waals surface area contributed by atoms with E-state index >= 15 is 0 Å². The maximum absolute atomic E-state index is 7.44. The minimum absolute atomic E-state index is 0. The Bertz CT molecular complexity index is 939. The summed E-state index contributed by atoms with van der Waals surface area (Å²) >= 11 is 0. The Hall–Kier alpha value is -3.07. The first-order valence-corrected chi connectivity index (χ1v) is 11.8. The van der Waals surface area contributed by atoms with Crippen LogP contribution >= 0.6 is 12.4 Å². The van der Waals surface area contributed by atoms with Crippen molar-refractivity contribution >= 4 is 24.1 Å². The third-order valence-corrected chi connectivity index (χ3v) is 6.26. The molecule has 0 aliphatic carbocycles. The first-order valence-electron chi connectivity index (χ1n) is 11.8. The molecule has 0 bridgehead atoms. The highest BCUT2D eigenvalue weighted by Crippen LogP contribution is 2.25. The topological polar surface area (TPSA) is 125 Å². The standard InChI is InChI=1S/C26H34N6O2.ClH/c27-25(28)19-3-7-23(8-4-19)33-13-1-11-31-15-21-17-32(18-22(21)16-31)12-2-14-34-24-9-5-20(6-10-24)26(29)30;/h3-10H,1-2,11-18H2,(H3,27,28)(H3,29,30);1H. The molecule has 0 aromatic heterocycles. The van der Waals surface area contributed by atoms with Crippen LogP contribution in [0, 0.1) is 10.8 Å². The molecule has 0 fully saturated rings. The van der Waals surface area contributed by atoms with Gasteiger partial charge in [0.1, 0.15) is 23.2 Å². The summed E-state index contributed by atoms with van der Waals surface area (Å²) in [6, 6.07) is 14.7. The van der Waals surface area contributed by atoms with E-state index in [0.717, 1.165) is 63.6 Å². The summed E-state index contributed by atoms with van der Waals surface area (Å²) in [4.78, 5) is 5.02. The normalized spacial score (nSPS) is 15.5. The fourth-order valence-corrected chi connectivity index (χ4v) is 4.47. The fourth-order valence-electron chi connectivity index (χ4n) is 4.47. The lowest BCUT2D eigenvalue weighted by atomic mass is 10.2. The minimum Gasteiger partial charge on any atom is -0.494 e. The zero-order chi connectivity index (χ0) is 23.9. The molecule has 4 rings (SSSR count). The maximum Gasteiger partial charge on any atom is 0.122 e. The van der Waals surface area contributed by atoms with Crippen molar-refractivity contribution in [2.45, 2.75) is 12.8 Å². The van der Waals surface area contributed by atoms with Gasteiger partial charge in [-0.15, -0.1) is 12.4 Å². The number of nitrogens with zero attached hydrogens (tertiary/aromatic N) is 2. The van der Waals surface area contributed by atoms with E-state index in [1.807, 2.05) is 48.5 Å². The van der Waals surface area contributed by atoms with Crippen molar-refractivity contribution in [3.8, 4) is 11.5 Å². The van der Waals surface area contributed by atoms with Crippen LogP contribution in [0.5, 0.6) is 11.5 Å². The molecule has 2 aromatic carbocycles. The molecule has 2 aliphatic heterocycles. The molecule has 35 heavy (non-hydrogen) atoms. The molecule has 0 saturated heterocycles. The summed E-state index contributed by atoms with van der Waals surface area (Å²) in [5.41, 5.74) is 15.6. The van der Waals surface area contributed by atoms with E-state index in [1.54, 1.807) is 11.1 Å². The van der Waals surface area contributed by atoms with E-state index in [9.17, 15) is 0 Å². The van der Waals surface area contributed by atoms with Gasteiger partial charge in [-0.25, -0.2) is 0 Å². The van der Waals surface area contributed by atoms with Gasteiger partial charge in [0.25, 0.3) is 0 Å². The fraction of sp³-hybridized carbons (Fsp3) is 0.385. The van der Waals surface area contributed by atoms with Crippen LogP contribution in [-0.2, 0) is 0 Å². The zero-order valence-corrected chi connectivity index (χ0v) is 20.8. The van der Waals surface area contributed by atoms with Crippen LogP contribution in [0.4, 0.5) is 0 Å². The highest BCUT2D eigenvalue weighted by molar-refractivity contribution is 5.95.